The molecule has 1 fully saturated rings. The van der Waals surface area contributed by atoms with Crippen LogP contribution < -0.4 is 4.90 Å². The predicted molar refractivity (Wildman–Crippen MR) is 70.7 cm³/mol. The topological polar surface area (TPSA) is 51.7 Å². The number of halogens is 1. The highest BCUT2D eigenvalue weighted by Crippen LogP contribution is 2.31. The van der Waals surface area contributed by atoms with E-state index >= 15 is 0 Å². The summed E-state index contributed by atoms with van der Waals surface area (Å²) < 4.78 is 10.3. The molecule has 2 atom stereocenters. The molecule has 1 aliphatic heterocycles. The molecule has 0 aromatic carbocycles. The summed E-state index contributed by atoms with van der Waals surface area (Å²) in [5, 5.41) is 0.941. The summed E-state index contributed by atoms with van der Waals surface area (Å²) in [5.74, 6) is -0.446. The van der Waals surface area contributed by atoms with Crippen LogP contribution in [0.2, 0.25) is 5.15 Å². The number of methoxy groups -OCH3 is 1. The first kappa shape index (κ1) is 13.6. The Hall–Kier alpha value is -0.850. The maximum Gasteiger partial charge on any atom is 0.351 e. The van der Waals surface area contributed by atoms with Gasteiger partial charge in [-0.1, -0.05) is 22.9 Å². The Morgan fingerprint density at radius 3 is 2.67 bits per heavy atom. The van der Waals surface area contributed by atoms with Crippen molar-refractivity contribution in [1.82, 2.24) is 4.98 Å². The molecule has 1 saturated heterocycles. The molecule has 0 amide bonds. The number of anilines is 1. The zero-order valence-electron chi connectivity index (χ0n) is 10.5. The number of rotatable bonds is 2. The number of thiazole rings is 1. The first-order valence-electron chi connectivity index (χ1n) is 5.66. The molecule has 0 spiro atoms. The Labute approximate surface area is 115 Å². The lowest BCUT2D eigenvalue weighted by molar-refractivity contribution is -0.00523. The molecule has 1 aromatic rings. The number of ether oxygens (including phenoxy) is 2. The Morgan fingerprint density at radius 2 is 2.11 bits per heavy atom. The van der Waals surface area contributed by atoms with Crippen LogP contribution in [0.3, 0.4) is 0 Å². The molecule has 0 radical (unpaired) electrons. The molecule has 1 aliphatic rings. The summed E-state index contributed by atoms with van der Waals surface area (Å²) in [7, 11) is 1.33. The standard InChI is InChI=1S/C11H15ClN2O3S/c1-6-4-14(5-7(2)17-6)11-13-9(12)8(18-11)10(15)16-3/h6-7H,4-5H2,1-3H3. The molecule has 1 aromatic heterocycles. The van der Waals surface area contributed by atoms with E-state index in [1.807, 2.05) is 13.8 Å². The largest absolute Gasteiger partial charge is 0.465 e. The SMILES string of the molecule is COC(=O)c1sc(N2CC(C)OC(C)C2)nc1Cl. The first-order chi connectivity index (χ1) is 8.51. The number of aromatic nitrogens is 1. The third kappa shape index (κ3) is 2.76. The van der Waals surface area contributed by atoms with Crippen molar-refractivity contribution in [3.05, 3.63) is 10.0 Å². The molecule has 7 heteroatoms. The van der Waals surface area contributed by atoms with Gasteiger partial charge in [-0.05, 0) is 13.8 Å². The Balaban J connectivity index is 2.21. The lowest BCUT2D eigenvalue weighted by atomic mass is 10.2. The van der Waals surface area contributed by atoms with Crippen LogP contribution in [0.25, 0.3) is 0 Å². The molecular weight excluding hydrogens is 276 g/mol. The van der Waals surface area contributed by atoms with Crippen molar-refractivity contribution < 1.29 is 14.3 Å². The van der Waals surface area contributed by atoms with Crippen molar-refractivity contribution in [3.8, 4) is 0 Å². The van der Waals surface area contributed by atoms with Gasteiger partial charge in [-0.15, -0.1) is 0 Å². The van der Waals surface area contributed by atoms with Crippen LogP contribution in [0.1, 0.15) is 23.5 Å². The molecule has 100 valence electrons. The number of carbonyl (C=O) groups excluding carboxylic acids is 1. The van der Waals surface area contributed by atoms with E-state index in [1.54, 1.807) is 0 Å². The molecular formula is C11H15ClN2O3S. The Morgan fingerprint density at radius 1 is 1.50 bits per heavy atom. The molecule has 2 unspecified atom stereocenters. The van der Waals surface area contributed by atoms with Gasteiger partial charge in [-0.25, -0.2) is 9.78 Å². The minimum absolute atomic E-state index is 0.137. The second kappa shape index (κ2) is 5.42. The van der Waals surface area contributed by atoms with Crippen LogP contribution in [0.4, 0.5) is 5.13 Å². The normalized spacial score (nSPS) is 24.1. The van der Waals surface area contributed by atoms with Crippen molar-refractivity contribution >= 4 is 34.0 Å². The average molecular weight is 291 g/mol. The quantitative estimate of drug-likeness (QED) is 0.782. The number of carbonyl (C=O) groups is 1. The second-order valence-corrected chi connectivity index (χ2v) is 5.61. The van der Waals surface area contributed by atoms with E-state index in [2.05, 4.69) is 14.6 Å². The fraction of sp³-hybridized carbons (Fsp3) is 0.636. The molecule has 0 bridgehead atoms. The number of hydrogen-bond acceptors (Lipinski definition) is 6. The molecule has 0 aliphatic carbocycles. The van der Waals surface area contributed by atoms with Gasteiger partial charge in [0.2, 0.25) is 0 Å². The summed E-state index contributed by atoms with van der Waals surface area (Å²) in [6.45, 7) is 5.52. The second-order valence-electron chi connectivity index (χ2n) is 4.27. The fourth-order valence-electron chi connectivity index (χ4n) is 1.98. The van der Waals surface area contributed by atoms with E-state index < -0.39 is 5.97 Å². The van der Waals surface area contributed by atoms with Crippen LogP contribution in [-0.2, 0) is 9.47 Å². The first-order valence-corrected chi connectivity index (χ1v) is 6.85. The third-order valence-electron chi connectivity index (χ3n) is 2.64. The lowest BCUT2D eigenvalue weighted by Crippen LogP contribution is -2.45. The maximum absolute atomic E-state index is 11.5. The van der Waals surface area contributed by atoms with Gasteiger partial charge in [-0.3, -0.25) is 0 Å². The molecule has 0 saturated carbocycles. The summed E-state index contributed by atoms with van der Waals surface area (Å²) in [4.78, 5) is 18.1. The van der Waals surface area contributed by atoms with Gasteiger partial charge in [0.15, 0.2) is 15.2 Å². The van der Waals surface area contributed by atoms with Gasteiger partial charge >= 0.3 is 5.97 Å². The summed E-state index contributed by atoms with van der Waals surface area (Å²) in [6, 6.07) is 0. The Bertz CT molecular complexity index is 441. The van der Waals surface area contributed by atoms with E-state index in [0.717, 1.165) is 18.2 Å². The van der Waals surface area contributed by atoms with Crippen LogP contribution in [-0.4, -0.2) is 43.4 Å². The smallest absolute Gasteiger partial charge is 0.351 e. The van der Waals surface area contributed by atoms with Gasteiger partial charge in [-0.2, -0.15) is 0 Å². The van der Waals surface area contributed by atoms with E-state index in [0.29, 0.717) is 4.88 Å². The average Bonchev–Trinajstić information content (AvgIpc) is 2.69. The van der Waals surface area contributed by atoms with Crippen molar-refractivity contribution in [2.45, 2.75) is 26.1 Å². The van der Waals surface area contributed by atoms with E-state index in [-0.39, 0.29) is 17.4 Å². The highest BCUT2D eigenvalue weighted by molar-refractivity contribution is 7.18. The van der Waals surface area contributed by atoms with Crippen molar-refractivity contribution in [1.29, 1.82) is 0 Å². The van der Waals surface area contributed by atoms with Gasteiger partial charge in [0.25, 0.3) is 0 Å². The molecule has 2 rings (SSSR count). The maximum atomic E-state index is 11.5. The fourth-order valence-corrected chi connectivity index (χ4v) is 3.20. The van der Waals surface area contributed by atoms with Crippen LogP contribution in [0.5, 0.6) is 0 Å². The van der Waals surface area contributed by atoms with Crippen LogP contribution in [0, 0.1) is 0 Å². The van der Waals surface area contributed by atoms with Crippen LogP contribution in [0.15, 0.2) is 0 Å². The highest BCUT2D eigenvalue weighted by atomic mass is 35.5. The van der Waals surface area contributed by atoms with Crippen molar-refractivity contribution in [2.24, 2.45) is 0 Å². The van der Waals surface area contributed by atoms with Gasteiger partial charge in [0.1, 0.15) is 0 Å². The van der Waals surface area contributed by atoms with Crippen LogP contribution >= 0.6 is 22.9 Å². The Kier molecular flexibility index (Phi) is 4.09. The molecule has 2 heterocycles. The number of morpholine rings is 1. The lowest BCUT2D eigenvalue weighted by Gasteiger charge is -2.35. The minimum Gasteiger partial charge on any atom is -0.465 e. The number of nitrogens with zero attached hydrogens (tertiary/aromatic N) is 2. The van der Waals surface area contributed by atoms with Crippen molar-refractivity contribution in [3.63, 3.8) is 0 Å². The summed E-state index contributed by atoms with van der Waals surface area (Å²) in [6.07, 6.45) is 0.274. The van der Waals surface area contributed by atoms with Gasteiger partial charge < -0.3 is 14.4 Å². The number of esters is 1. The number of hydrogen-bond donors (Lipinski definition) is 0. The molecule has 5 nitrogen and oxygen atoms in total. The van der Waals surface area contributed by atoms with Crippen molar-refractivity contribution in [2.75, 3.05) is 25.1 Å². The van der Waals surface area contributed by atoms with E-state index in [9.17, 15) is 4.79 Å². The molecule has 18 heavy (non-hydrogen) atoms. The monoisotopic (exact) mass is 290 g/mol. The minimum atomic E-state index is -0.446. The predicted octanol–water partition coefficient (Wildman–Crippen LogP) is 2.20. The van der Waals surface area contributed by atoms with Gasteiger partial charge in [0, 0.05) is 13.1 Å². The third-order valence-corrected chi connectivity index (χ3v) is 4.12. The zero-order valence-corrected chi connectivity index (χ0v) is 12.0. The van der Waals surface area contributed by atoms with E-state index in [4.69, 9.17) is 16.3 Å². The summed E-state index contributed by atoms with van der Waals surface area (Å²) >= 11 is 7.21. The zero-order chi connectivity index (χ0) is 13.3. The van der Waals surface area contributed by atoms with E-state index in [1.165, 1.54) is 18.4 Å². The van der Waals surface area contributed by atoms with Gasteiger partial charge in [0.05, 0.1) is 19.3 Å². The summed E-state index contributed by atoms with van der Waals surface area (Å²) in [5.41, 5.74) is 0. The molecule has 0 N–H and O–H groups in total. The highest BCUT2D eigenvalue weighted by Gasteiger charge is 2.26.